The second-order valence-electron chi connectivity index (χ2n) is 5.16. The zero-order chi connectivity index (χ0) is 15.4. The Morgan fingerprint density at radius 2 is 2.05 bits per heavy atom. The molecule has 0 unspecified atom stereocenters. The fourth-order valence-corrected chi connectivity index (χ4v) is 2.19. The Kier molecular flexibility index (Phi) is 5.09. The Labute approximate surface area is 124 Å². The zero-order valence-corrected chi connectivity index (χ0v) is 13.0. The van der Waals surface area contributed by atoms with Gasteiger partial charge in [-0.1, -0.05) is 6.07 Å². The molecule has 0 saturated carbocycles. The van der Waals surface area contributed by atoms with Crippen LogP contribution < -0.4 is 5.32 Å². The van der Waals surface area contributed by atoms with Crippen LogP contribution in [0.5, 0.6) is 0 Å². The van der Waals surface area contributed by atoms with Crippen LogP contribution in [0.1, 0.15) is 22.5 Å². The number of halogens is 1. The molecule has 0 amide bonds. The largest absolute Gasteiger partial charge is 0.383 e. The SMILES string of the molecule is COCCNCc1ccc(-n2nc(C)c(C)c2C)c(F)c1. The minimum Gasteiger partial charge on any atom is -0.383 e. The summed E-state index contributed by atoms with van der Waals surface area (Å²) in [5.74, 6) is -0.258. The number of rotatable bonds is 6. The van der Waals surface area contributed by atoms with E-state index in [-0.39, 0.29) is 5.82 Å². The van der Waals surface area contributed by atoms with Crippen molar-refractivity contribution in [2.45, 2.75) is 27.3 Å². The van der Waals surface area contributed by atoms with Crippen molar-refractivity contribution in [2.24, 2.45) is 0 Å². The van der Waals surface area contributed by atoms with E-state index in [1.165, 1.54) is 0 Å². The Bertz CT molecular complexity index is 622. The summed E-state index contributed by atoms with van der Waals surface area (Å²) in [6.07, 6.45) is 0. The molecule has 0 spiro atoms. The molecule has 2 aromatic rings. The number of ether oxygens (including phenoxy) is 1. The van der Waals surface area contributed by atoms with E-state index in [0.717, 1.165) is 29.1 Å². The molecule has 2 rings (SSSR count). The lowest BCUT2D eigenvalue weighted by molar-refractivity contribution is 0.199. The first-order chi connectivity index (χ1) is 10.0. The average Bonchev–Trinajstić information content (AvgIpc) is 2.71. The van der Waals surface area contributed by atoms with Gasteiger partial charge in [-0.2, -0.15) is 5.10 Å². The standard InChI is InChI=1S/C16H22FN3O/c1-11-12(2)19-20(13(11)3)16-6-5-14(9-15(16)17)10-18-7-8-21-4/h5-6,9,18H,7-8,10H2,1-4H3. The predicted octanol–water partition coefficient (Wildman–Crippen LogP) is 2.67. The van der Waals surface area contributed by atoms with Gasteiger partial charge in [0.1, 0.15) is 11.5 Å². The Balaban J connectivity index is 2.17. The van der Waals surface area contributed by atoms with E-state index >= 15 is 0 Å². The monoisotopic (exact) mass is 291 g/mol. The first-order valence-corrected chi connectivity index (χ1v) is 7.06. The molecule has 1 aromatic carbocycles. The normalized spacial score (nSPS) is 11.1. The van der Waals surface area contributed by atoms with Crippen LogP contribution in [0, 0.1) is 26.6 Å². The highest BCUT2D eigenvalue weighted by Crippen LogP contribution is 2.20. The van der Waals surface area contributed by atoms with Gasteiger partial charge in [0.2, 0.25) is 0 Å². The lowest BCUT2D eigenvalue weighted by Crippen LogP contribution is -2.18. The van der Waals surface area contributed by atoms with Crippen molar-refractivity contribution in [1.82, 2.24) is 15.1 Å². The molecule has 21 heavy (non-hydrogen) atoms. The number of hydrogen-bond acceptors (Lipinski definition) is 3. The van der Waals surface area contributed by atoms with Crippen LogP contribution in [0.25, 0.3) is 5.69 Å². The van der Waals surface area contributed by atoms with E-state index in [2.05, 4.69) is 10.4 Å². The van der Waals surface area contributed by atoms with Crippen LogP contribution >= 0.6 is 0 Å². The van der Waals surface area contributed by atoms with Crippen LogP contribution in [0.3, 0.4) is 0 Å². The maximum Gasteiger partial charge on any atom is 0.149 e. The van der Waals surface area contributed by atoms with Crippen molar-refractivity contribution in [3.05, 3.63) is 46.5 Å². The summed E-state index contributed by atoms with van der Waals surface area (Å²) in [5.41, 5.74) is 4.39. The number of nitrogens with one attached hydrogen (secondary N) is 1. The highest BCUT2D eigenvalue weighted by Gasteiger charge is 2.12. The fourth-order valence-electron chi connectivity index (χ4n) is 2.19. The van der Waals surface area contributed by atoms with Crippen LogP contribution in [0.4, 0.5) is 4.39 Å². The smallest absolute Gasteiger partial charge is 0.149 e. The minimum atomic E-state index is -0.258. The molecule has 5 heteroatoms. The van der Waals surface area contributed by atoms with Crippen molar-refractivity contribution in [3.8, 4) is 5.69 Å². The summed E-state index contributed by atoms with van der Waals surface area (Å²) in [6, 6.07) is 5.26. The summed E-state index contributed by atoms with van der Waals surface area (Å²) in [4.78, 5) is 0. The van der Waals surface area contributed by atoms with Gasteiger partial charge in [-0.15, -0.1) is 0 Å². The molecule has 0 bridgehead atoms. The lowest BCUT2D eigenvalue weighted by Gasteiger charge is -2.09. The molecule has 0 fully saturated rings. The fraction of sp³-hybridized carbons (Fsp3) is 0.438. The van der Waals surface area contributed by atoms with Crippen LogP contribution in [-0.2, 0) is 11.3 Å². The Hall–Kier alpha value is -1.72. The second kappa shape index (κ2) is 6.83. The topological polar surface area (TPSA) is 39.1 Å². The number of methoxy groups -OCH3 is 1. The van der Waals surface area contributed by atoms with Crippen molar-refractivity contribution < 1.29 is 9.13 Å². The van der Waals surface area contributed by atoms with Crippen molar-refractivity contribution >= 4 is 0 Å². The molecule has 0 aliphatic carbocycles. The molecule has 1 aromatic heterocycles. The molecule has 0 saturated heterocycles. The van der Waals surface area contributed by atoms with Crippen LogP contribution in [-0.4, -0.2) is 30.0 Å². The molecule has 0 aliphatic rings. The number of benzene rings is 1. The molecule has 0 radical (unpaired) electrons. The molecular weight excluding hydrogens is 269 g/mol. The molecule has 1 heterocycles. The third-order valence-corrected chi connectivity index (χ3v) is 3.71. The highest BCUT2D eigenvalue weighted by molar-refractivity contribution is 5.39. The zero-order valence-electron chi connectivity index (χ0n) is 13.0. The quantitative estimate of drug-likeness (QED) is 0.832. The highest BCUT2D eigenvalue weighted by atomic mass is 19.1. The third kappa shape index (κ3) is 3.49. The maximum absolute atomic E-state index is 14.3. The maximum atomic E-state index is 14.3. The van der Waals surface area contributed by atoms with E-state index in [0.29, 0.717) is 18.8 Å². The minimum absolute atomic E-state index is 0.258. The summed E-state index contributed by atoms with van der Waals surface area (Å²) < 4.78 is 20.9. The van der Waals surface area contributed by atoms with Gasteiger partial charge >= 0.3 is 0 Å². The van der Waals surface area contributed by atoms with E-state index in [1.54, 1.807) is 23.9 Å². The van der Waals surface area contributed by atoms with Crippen LogP contribution in [0.15, 0.2) is 18.2 Å². The molecule has 114 valence electrons. The van der Waals surface area contributed by atoms with Gasteiger partial charge in [-0.05, 0) is 44.0 Å². The number of hydrogen-bond donors (Lipinski definition) is 1. The van der Waals surface area contributed by atoms with E-state index in [9.17, 15) is 4.39 Å². The van der Waals surface area contributed by atoms with Gasteiger partial charge in [-0.25, -0.2) is 9.07 Å². The number of aromatic nitrogens is 2. The van der Waals surface area contributed by atoms with Gasteiger partial charge in [0, 0.05) is 25.9 Å². The summed E-state index contributed by atoms with van der Waals surface area (Å²) >= 11 is 0. The van der Waals surface area contributed by atoms with Gasteiger partial charge in [0.15, 0.2) is 0 Å². The van der Waals surface area contributed by atoms with E-state index in [4.69, 9.17) is 4.74 Å². The first-order valence-electron chi connectivity index (χ1n) is 7.06. The summed E-state index contributed by atoms with van der Waals surface area (Å²) in [5, 5.41) is 7.60. The van der Waals surface area contributed by atoms with E-state index < -0.39 is 0 Å². The summed E-state index contributed by atoms with van der Waals surface area (Å²) in [6.45, 7) is 7.90. The van der Waals surface area contributed by atoms with Crippen LogP contribution in [0.2, 0.25) is 0 Å². The van der Waals surface area contributed by atoms with Gasteiger partial charge < -0.3 is 10.1 Å². The third-order valence-electron chi connectivity index (χ3n) is 3.71. The van der Waals surface area contributed by atoms with Gasteiger partial charge in [0.05, 0.1) is 12.3 Å². The molecule has 4 nitrogen and oxygen atoms in total. The summed E-state index contributed by atoms with van der Waals surface area (Å²) in [7, 11) is 1.66. The molecule has 1 N–H and O–H groups in total. The van der Waals surface area contributed by atoms with Crippen molar-refractivity contribution in [1.29, 1.82) is 0 Å². The average molecular weight is 291 g/mol. The Morgan fingerprint density at radius 1 is 1.29 bits per heavy atom. The van der Waals surface area contributed by atoms with Gasteiger partial charge in [0.25, 0.3) is 0 Å². The van der Waals surface area contributed by atoms with Gasteiger partial charge in [-0.3, -0.25) is 0 Å². The predicted molar refractivity (Wildman–Crippen MR) is 81.3 cm³/mol. The lowest BCUT2D eigenvalue weighted by atomic mass is 10.2. The molecule has 0 atom stereocenters. The Morgan fingerprint density at radius 3 is 2.62 bits per heavy atom. The van der Waals surface area contributed by atoms with Crippen molar-refractivity contribution in [3.63, 3.8) is 0 Å². The number of nitrogens with zero attached hydrogens (tertiary/aromatic N) is 2. The number of aryl methyl sites for hydroxylation is 1. The second-order valence-corrected chi connectivity index (χ2v) is 5.16. The molecule has 0 aliphatic heterocycles. The first kappa shape index (κ1) is 15.7. The van der Waals surface area contributed by atoms with E-state index in [1.807, 2.05) is 26.8 Å². The van der Waals surface area contributed by atoms with Crippen molar-refractivity contribution in [2.75, 3.05) is 20.3 Å². The molecular formula is C16H22FN3O.